The van der Waals surface area contributed by atoms with E-state index in [0.29, 0.717) is 13.1 Å². The molecule has 2 aliphatic rings. The van der Waals surface area contributed by atoms with E-state index in [0.717, 1.165) is 30.4 Å². The number of amides is 2. The average Bonchev–Trinajstić information content (AvgIpc) is 3.25. The van der Waals surface area contributed by atoms with Crippen LogP contribution in [0.4, 0.5) is 0 Å². The molecule has 24 heavy (non-hydrogen) atoms. The van der Waals surface area contributed by atoms with Crippen LogP contribution in [-0.2, 0) is 4.79 Å². The van der Waals surface area contributed by atoms with E-state index in [1.54, 1.807) is 12.4 Å². The minimum atomic E-state index is -0.170. The number of piperidine rings is 1. The fourth-order valence-corrected chi connectivity index (χ4v) is 4.41. The van der Waals surface area contributed by atoms with Gasteiger partial charge >= 0.3 is 0 Å². The number of carbonyl (C=O) groups excluding carboxylic acids is 2. The summed E-state index contributed by atoms with van der Waals surface area (Å²) >= 11 is 1.54. The maximum atomic E-state index is 12.5. The van der Waals surface area contributed by atoms with Crippen molar-refractivity contribution in [2.24, 2.45) is 0 Å². The Morgan fingerprint density at radius 2 is 2.00 bits per heavy atom. The third kappa shape index (κ3) is 2.71. The van der Waals surface area contributed by atoms with Gasteiger partial charge in [-0.05, 0) is 48.4 Å². The van der Waals surface area contributed by atoms with Crippen molar-refractivity contribution in [2.75, 3.05) is 13.1 Å². The van der Waals surface area contributed by atoms with Gasteiger partial charge in [-0.1, -0.05) is 0 Å². The van der Waals surface area contributed by atoms with Crippen molar-refractivity contribution >= 4 is 23.2 Å². The summed E-state index contributed by atoms with van der Waals surface area (Å²) in [6.45, 7) is 1.38. The molecule has 0 aromatic carbocycles. The van der Waals surface area contributed by atoms with Crippen molar-refractivity contribution in [3.05, 3.63) is 52.5 Å². The van der Waals surface area contributed by atoms with Crippen molar-refractivity contribution in [1.82, 2.24) is 15.2 Å². The topological polar surface area (TPSA) is 62.3 Å². The molecule has 0 bridgehead atoms. The summed E-state index contributed by atoms with van der Waals surface area (Å²) in [6, 6.07) is 5.70. The SMILES string of the molecule is O=C1NC2(CCN(C(=O)c3ccsc3)CC2)C[C@H]1c1ccncc1. The summed E-state index contributed by atoms with van der Waals surface area (Å²) in [7, 11) is 0. The molecular formula is C18H19N3O2S. The lowest BCUT2D eigenvalue weighted by Crippen LogP contribution is -2.52. The van der Waals surface area contributed by atoms with Gasteiger partial charge in [0.05, 0.1) is 11.5 Å². The minimum absolute atomic E-state index is 0.0961. The first kappa shape index (κ1) is 15.3. The van der Waals surface area contributed by atoms with Crippen LogP contribution in [-0.4, -0.2) is 40.3 Å². The molecule has 1 atom stereocenters. The summed E-state index contributed by atoms with van der Waals surface area (Å²) in [4.78, 5) is 30.8. The smallest absolute Gasteiger partial charge is 0.254 e. The number of hydrogen-bond donors (Lipinski definition) is 1. The van der Waals surface area contributed by atoms with Gasteiger partial charge in [0.25, 0.3) is 5.91 Å². The highest BCUT2D eigenvalue weighted by Crippen LogP contribution is 2.39. The zero-order valence-electron chi connectivity index (χ0n) is 13.3. The Morgan fingerprint density at radius 3 is 2.67 bits per heavy atom. The Balaban J connectivity index is 1.44. The standard InChI is InChI=1S/C18H19N3O2S/c22-16-15(13-1-6-19-7-2-13)11-18(20-16)4-8-21(9-5-18)17(23)14-3-10-24-12-14/h1-3,6-7,10,12,15H,4-5,8-9,11H2,(H,20,22)/t15-/m0/s1. The molecule has 124 valence electrons. The number of nitrogens with zero attached hydrogens (tertiary/aromatic N) is 2. The average molecular weight is 341 g/mol. The minimum Gasteiger partial charge on any atom is -0.350 e. The molecule has 1 N–H and O–H groups in total. The summed E-state index contributed by atoms with van der Waals surface area (Å²) in [6.07, 6.45) is 5.90. The quantitative estimate of drug-likeness (QED) is 0.912. The fraction of sp³-hybridized carbons (Fsp3) is 0.389. The molecule has 2 amide bonds. The monoisotopic (exact) mass is 341 g/mol. The zero-order valence-corrected chi connectivity index (χ0v) is 14.1. The first-order chi connectivity index (χ1) is 11.7. The Bertz CT molecular complexity index is 737. The summed E-state index contributed by atoms with van der Waals surface area (Å²) in [5, 5.41) is 7.03. The first-order valence-electron chi connectivity index (χ1n) is 8.20. The van der Waals surface area contributed by atoms with Crippen LogP contribution in [0, 0.1) is 0 Å². The molecule has 2 saturated heterocycles. The van der Waals surface area contributed by atoms with Crippen molar-refractivity contribution < 1.29 is 9.59 Å². The molecule has 1 spiro atoms. The second-order valence-corrected chi connectivity index (χ2v) is 7.39. The number of thiophene rings is 1. The molecule has 0 saturated carbocycles. The Labute approximate surface area is 144 Å². The Morgan fingerprint density at radius 1 is 1.25 bits per heavy atom. The molecule has 0 aliphatic carbocycles. The van der Waals surface area contributed by atoms with Gasteiger partial charge in [-0.2, -0.15) is 11.3 Å². The first-order valence-corrected chi connectivity index (χ1v) is 9.15. The predicted molar refractivity (Wildman–Crippen MR) is 91.9 cm³/mol. The third-order valence-electron chi connectivity index (χ3n) is 5.18. The molecule has 2 aliphatic heterocycles. The van der Waals surface area contributed by atoms with Gasteiger partial charge in [-0.3, -0.25) is 14.6 Å². The van der Waals surface area contributed by atoms with E-state index in [-0.39, 0.29) is 23.3 Å². The number of carbonyl (C=O) groups is 2. The van der Waals surface area contributed by atoms with E-state index in [9.17, 15) is 9.59 Å². The zero-order chi connectivity index (χ0) is 16.6. The van der Waals surface area contributed by atoms with Crippen molar-refractivity contribution in [3.63, 3.8) is 0 Å². The Kier molecular flexibility index (Phi) is 3.84. The van der Waals surface area contributed by atoms with E-state index in [2.05, 4.69) is 10.3 Å². The number of hydrogen-bond acceptors (Lipinski definition) is 4. The van der Waals surface area contributed by atoms with Gasteiger partial charge < -0.3 is 10.2 Å². The van der Waals surface area contributed by atoms with Crippen LogP contribution in [0.5, 0.6) is 0 Å². The van der Waals surface area contributed by atoms with E-state index in [1.807, 2.05) is 33.9 Å². The molecule has 4 heterocycles. The molecule has 4 rings (SSSR count). The second-order valence-electron chi connectivity index (χ2n) is 6.61. The van der Waals surface area contributed by atoms with E-state index in [4.69, 9.17) is 0 Å². The fourth-order valence-electron chi connectivity index (χ4n) is 3.78. The van der Waals surface area contributed by atoms with E-state index < -0.39 is 0 Å². The second kappa shape index (κ2) is 6.02. The molecule has 2 fully saturated rings. The van der Waals surface area contributed by atoms with Crippen LogP contribution < -0.4 is 5.32 Å². The number of pyridine rings is 1. The molecule has 6 heteroatoms. The van der Waals surface area contributed by atoms with E-state index in [1.165, 1.54) is 11.3 Å². The van der Waals surface area contributed by atoms with E-state index >= 15 is 0 Å². The number of aromatic nitrogens is 1. The maximum Gasteiger partial charge on any atom is 0.254 e. The number of rotatable bonds is 2. The highest BCUT2D eigenvalue weighted by Gasteiger charge is 2.46. The molecule has 5 nitrogen and oxygen atoms in total. The van der Waals surface area contributed by atoms with Gasteiger partial charge in [0.15, 0.2) is 0 Å². The van der Waals surface area contributed by atoms with Crippen LogP contribution >= 0.6 is 11.3 Å². The summed E-state index contributed by atoms with van der Waals surface area (Å²) in [5.41, 5.74) is 1.62. The summed E-state index contributed by atoms with van der Waals surface area (Å²) in [5.74, 6) is 0.0899. The summed E-state index contributed by atoms with van der Waals surface area (Å²) < 4.78 is 0. The normalized spacial score (nSPS) is 22.6. The lowest BCUT2D eigenvalue weighted by atomic mass is 9.82. The molecule has 2 aromatic rings. The van der Waals surface area contributed by atoms with Crippen LogP contribution in [0.15, 0.2) is 41.4 Å². The Hall–Kier alpha value is -2.21. The highest BCUT2D eigenvalue weighted by molar-refractivity contribution is 7.08. The van der Waals surface area contributed by atoms with Crippen molar-refractivity contribution in [3.8, 4) is 0 Å². The number of likely N-dealkylation sites (tertiary alicyclic amines) is 1. The number of nitrogens with one attached hydrogen (secondary N) is 1. The molecular weight excluding hydrogens is 322 g/mol. The van der Waals surface area contributed by atoms with Crippen LogP contribution in [0.3, 0.4) is 0 Å². The van der Waals surface area contributed by atoms with Gasteiger partial charge in [-0.15, -0.1) is 0 Å². The van der Waals surface area contributed by atoms with Gasteiger partial charge in [-0.25, -0.2) is 0 Å². The van der Waals surface area contributed by atoms with Gasteiger partial charge in [0.1, 0.15) is 0 Å². The van der Waals surface area contributed by atoms with Gasteiger partial charge in [0.2, 0.25) is 5.91 Å². The van der Waals surface area contributed by atoms with Gasteiger partial charge in [0, 0.05) is 36.4 Å². The van der Waals surface area contributed by atoms with Crippen LogP contribution in [0.2, 0.25) is 0 Å². The third-order valence-corrected chi connectivity index (χ3v) is 5.87. The van der Waals surface area contributed by atoms with Crippen LogP contribution in [0.1, 0.15) is 41.1 Å². The van der Waals surface area contributed by atoms with Crippen molar-refractivity contribution in [1.29, 1.82) is 0 Å². The molecule has 0 unspecified atom stereocenters. The maximum absolute atomic E-state index is 12.5. The predicted octanol–water partition coefficient (Wildman–Crippen LogP) is 2.42. The lowest BCUT2D eigenvalue weighted by Gasteiger charge is -2.39. The van der Waals surface area contributed by atoms with Crippen molar-refractivity contribution in [2.45, 2.75) is 30.7 Å². The highest BCUT2D eigenvalue weighted by atomic mass is 32.1. The largest absolute Gasteiger partial charge is 0.350 e. The van der Waals surface area contributed by atoms with Crippen LogP contribution in [0.25, 0.3) is 0 Å². The molecule has 2 aromatic heterocycles. The lowest BCUT2D eigenvalue weighted by molar-refractivity contribution is -0.121. The molecule has 0 radical (unpaired) electrons.